The highest BCUT2D eigenvalue weighted by Crippen LogP contribution is 2.26. The van der Waals surface area contributed by atoms with E-state index in [0.717, 1.165) is 23.5 Å². The highest BCUT2D eigenvalue weighted by molar-refractivity contribution is 6.17. The second-order valence-electron chi connectivity index (χ2n) is 3.51. The number of hydrogen-bond donors (Lipinski definition) is 0. The summed E-state index contributed by atoms with van der Waals surface area (Å²) < 4.78 is 16.2. The molecule has 1 aromatic rings. The highest BCUT2D eigenvalue weighted by Gasteiger charge is 2.05. The summed E-state index contributed by atoms with van der Waals surface area (Å²) in [5.41, 5.74) is 0.940. The molecule has 0 atom stereocenters. The van der Waals surface area contributed by atoms with Crippen LogP contribution >= 0.6 is 11.6 Å². The predicted octanol–water partition coefficient (Wildman–Crippen LogP) is 3.59. The zero-order chi connectivity index (χ0) is 12.5. The molecule has 0 saturated carbocycles. The van der Waals surface area contributed by atoms with Crippen LogP contribution in [0.5, 0.6) is 11.5 Å². The van der Waals surface area contributed by atoms with Crippen LogP contribution in [0, 0.1) is 0 Å². The van der Waals surface area contributed by atoms with Crippen molar-refractivity contribution in [3.8, 4) is 11.5 Å². The molecular formula is C13H19ClO3. The average Bonchev–Trinajstić information content (AvgIpc) is 2.37. The quantitative estimate of drug-likeness (QED) is 0.405. The Bertz CT molecular complexity index is 328. The van der Waals surface area contributed by atoms with Crippen molar-refractivity contribution in [2.75, 3.05) is 20.0 Å². The standard InChI is InChI=1S/C13H19ClO3/c1-3-7-16-12-6-5-11(9-14)13(8-12)17-10-15-4-2/h5-6,8H,3-4,7,9-10H2,1-2H3. The fraction of sp³-hybridized carbons (Fsp3) is 0.538. The molecule has 0 amide bonds. The van der Waals surface area contributed by atoms with Gasteiger partial charge in [0.25, 0.3) is 0 Å². The van der Waals surface area contributed by atoms with E-state index in [2.05, 4.69) is 6.92 Å². The molecule has 0 spiro atoms. The van der Waals surface area contributed by atoms with E-state index in [-0.39, 0.29) is 6.79 Å². The van der Waals surface area contributed by atoms with Crippen molar-refractivity contribution in [2.45, 2.75) is 26.1 Å². The van der Waals surface area contributed by atoms with Gasteiger partial charge in [-0.3, -0.25) is 0 Å². The summed E-state index contributed by atoms with van der Waals surface area (Å²) in [6.07, 6.45) is 0.979. The maximum Gasteiger partial charge on any atom is 0.189 e. The Morgan fingerprint density at radius 3 is 2.65 bits per heavy atom. The van der Waals surface area contributed by atoms with E-state index >= 15 is 0 Å². The first-order chi connectivity index (χ1) is 8.31. The van der Waals surface area contributed by atoms with E-state index in [1.54, 1.807) is 0 Å². The summed E-state index contributed by atoms with van der Waals surface area (Å²) in [6.45, 7) is 5.55. The monoisotopic (exact) mass is 258 g/mol. The van der Waals surface area contributed by atoms with E-state index < -0.39 is 0 Å². The van der Waals surface area contributed by atoms with Crippen molar-refractivity contribution < 1.29 is 14.2 Å². The summed E-state index contributed by atoms with van der Waals surface area (Å²) in [5, 5.41) is 0. The van der Waals surface area contributed by atoms with Crippen LogP contribution in [0.25, 0.3) is 0 Å². The maximum atomic E-state index is 5.84. The van der Waals surface area contributed by atoms with Crippen LogP contribution < -0.4 is 9.47 Å². The van der Waals surface area contributed by atoms with Crippen molar-refractivity contribution in [2.24, 2.45) is 0 Å². The molecule has 0 aliphatic heterocycles. The van der Waals surface area contributed by atoms with Crippen LogP contribution in [0.2, 0.25) is 0 Å². The van der Waals surface area contributed by atoms with Gasteiger partial charge in [0.1, 0.15) is 11.5 Å². The van der Waals surface area contributed by atoms with Gasteiger partial charge in [-0.15, -0.1) is 11.6 Å². The maximum absolute atomic E-state index is 5.84. The SMILES string of the molecule is CCCOc1ccc(CCl)c(OCOCC)c1. The molecule has 17 heavy (non-hydrogen) atoms. The smallest absolute Gasteiger partial charge is 0.189 e. The molecule has 96 valence electrons. The molecule has 0 heterocycles. The minimum atomic E-state index is 0.234. The fourth-order valence-corrected chi connectivity index (χ4v) is 1.50. The van der Waals surface area contributed by atoms with Crippen molar-refractivity contribution in [1.82, 2.24) is 0 Å². The molecule has 0 N–H and O–H groups in total. The van der Waals surface area contributed by atoms with E-state index in [1.165, 1.54) is 0 Å². The topological polar surface area (TPSA) is 27.7 Å². The molecule has 0 radical (unpaired) electrons. The Morgan fingerprint density at radius 1 is 1.18 bits per heavy atom. The highest BCUT2D eigenvalue weighted by atomic mass is 35.5. The van der Waals surface area contributed by atoms with Gasteiger partial charge in [-0.2, -0.15) is 0 Å². The summed E-state index contributed by atoms with van der Waals surface area (Å²) in [4.78, 5) is 0. The lowest BCUT2D eigenvalue weighted by Gasteiger charge is -2.12. The number of alkyl halides is 1. The molecule has 0 bridgehead atoms. The fourth-order valence-electron chi connectivity index (χ4n) is 1.28. The Morgan fingerprint density at radius 2 is 2.00 bits per heavy atom. The van der Waals surface area contributed by atoms with Crippen LogP contribution in [-0.2, 0) is 10.6 Å². The third-order valence-corrected chi connectivity index (χ3v) is 2.45. The van der Waals surface area contributed by atoms with Gasteiger partial charge < -0.3 is 14.2 Å². The van der Waals surface area contributed by atoms with E-state index in [9.17, 15) is 0 Å². The average molecular weight is 259 g/mol. The predicted molar refractivity (Wildman–Crippen MR) is 68.9 cm³/mol. The van der Waals surface area contributed by atoms with Gasteiger partial charge in [0, 0.05) is 18.2 Å². The molecular weight excluding hydrogens is 240 g/mol. The molecule has 1 aromatic carbocycles. The summed E-state index contributed by atoms with van der Waals surface area (Å²) in [7, 11) is 0. The van der Waals surface area contributed by atoms with Crippen LogP contribution in [0.1, 0.15) is 25.8 Å². The van der Waals surface area contributed by atoms with E-state index in [0.29, 0.717) is 19.1 Å². The molecule has 3 nitrogen and oxygen atoms in total. The number of rotatable bonds is 8. The molecule has 0 aromatic heterocycles. The summed E-state index contributed by atoms with van der Waals surface area (Å²) >= 11 is 5.84. The molecule has 0 fully saturated rings. The lowest BCUT2D eigenvalue weighted by molar-refractivity contribution is 0.0218. The normalized spacial score (nSPS) is 10.3. The van der Waals surface area contributed by atoms with Gasteiger partial charge >= 0.3 is 0 Å². The third kappa shape index (κ3) is 4.84. The van der Waals surface area contributed by atoms with E-state index in [4.69, 9.17) is 25.8 Å². The molecule has 0 aliphatic carbocycles. The molecule has 4 heteroatoms. The van der Waals surface area contributed by atoms with E-state index in [1.807, 2.05) is 25.1 Å². The lowest BCUT2D eigenvalue weighted by atomic mass is 10.2. The van der Waals surface area contributed by atoms with Crippen LogP contribution in [0.3, 0.4) is 0 Å². The largest absolute Gasteiger partial charge is 0.493 e. The Hall–Kier alpha value is -0.930. The lowest BCUT2D eigenvalue weighted by Crippen LogP contribution is -2.04. The molecule has 0 unspecified atom stereocenters. The zero-order valence-electron chi connectivity index (χ0n) is 10.4. The Balaban J connectivity index is 2.68. The second kappa shape index (κ2) is 8.20. The summed E-state index contributed by atoms with van der Waals surface area (Å²) in [5.74, 6) is 1.93. The number of ether oxygens (including phenoxy) is 3. The van der Waals surface area contributed by atoms with Crippen LogP contribution in [-0.4, -0.2) is 20.0 Å². The number of hydrogen-bond acceptors (Lipinski definition) is 3. The Kier molecular flexibility index (Phi) is 6.82. The number of halogens is 1. The van der Waals surface area contributed by atoms with Gasteiger partial charge in [-0.1, -0.05) is 13.0 Å². The molecule has 0 aliphatic rings. The van der Waals surface area contributed by atoms with Crippen molar-refractivity contribution in [3.05, 3.63) is 23.8 Å². The van der Waals surface area contributed by atoms with Gasteiger partial charge in [-0.05, 0) is 19.4 Å². The first-order valence-corrected chi connectivity index (χ1v) is 6.37. The number of benzene rings is 1. The minimum Gasteiger partial charge on any atom is -0.493 e. The van der Waals surface area contributed by atoms with Gasteiger partial charge in [0.2, 0.25) is 0 Å². The van der Waals surface area contributed by atoms with Gasteiger partial charge in [-0.25, -0.2) is 0 Å². The van der Waals surface area contributed by atoms with Gasteiger partial charge in [0.15, 0.2) is 6.79 Å². The zero-order valence-corrected chi connectivity index (χ0v) is 11.1. The van der Waals surface area contributed by atoms with Crippen LogP contribution in [0.15, 0.2) is 18.2 Å². The second-order valence-corrected chi connectivity index (χ2v) is 3.77. The van der Waals surface area contributed by atoms with Crippen LogP contribution in [0.4, 0.5) is 0 Å². The molecule has 0 saturated heterocycles. The Labute approximate surface area is 108 Å². The van der Waals surface area contributed by atoms with Crippen molar-refractivity contribution in [3.63, 3.8) is 0 Å². The minimum absolute atomic E-state index is 0.234. The first-order valence-electron chi connectivity index (χ1n) is 5.84. The third-order valence-electron chi connectivity index (χ3n) is 2.16. The molecule has 1 rings (SSSR count). The first kappa shape index (κ1) is 14.1. The van der Waals surface area contributed by atoms with Crippen molar-refractivity contribution in [1.29, 1.82) is 0 Å². The van der Waals surface area contributed by atoms with Gasteiger partial charge in [0.05, 0.1) is 12.5 Å². The summed E-state index contributed by atoms with van der Waals surface area (Å²) in [6, 6.07) is 5.67. The van der Waals surface area contributed by atoms with Crippen molar-refractivity contribution >= 4 is 11.6 Å².